The average Bonchev–Trinajstić information content (AvgIpc) is 2.87. The van der Waals surface area contributed by atoms with Gasteiger partial charge >= 0.3 is 0 Å². The molecule has 0 spiro atoms. The van der Waals surface area contributed by atoms with Gasteiger partial charge in [-0.2, -0.15) is 0 Å². The van der Waals surface area contributed by atoms with Crippen LogP contribution >= 0.6 is 0 Å². The predicted molar refractivity (Wildman–Crippen MR) is 79.3 cm³/mol. The highest BCUT2D eigenvalue weighted by Crippen LogP contribution is 2.12. The van der Waals surface area contributed by atoms with E-state index in [4.69, 9.17) is 0 Å². The number of benzene rings is 1. The normalized spacial score (nSPS) is 12.6. The largest absolute Gasteiger partial charge is 0.335 e. The van der Waals surface area contributed by atoms with Crippen LogP contribution in [0.1, 0.15) is 23.9 Å². The summed E-state index contributed by atoms with van der Waals surface area (Å²) in [4.78, 5) is 4.46. The Morgan fingerprint density at radius 1 is 1.26 bits per heavy atom. The number of aromatic nitrogens is 2. The molecule has 0 aliphatic carbocycles. The second-order valence-corrected chi connectivity index (χ2v) is 4.95. The number of imidazole rings is 1. The van der Waals surface area contributed by atoms with Crippen LogP contribution in [0.25, 0.3) is 0 Å². The highest BCUT2D eigenvalue weighted by molar-refractivity contribution is 5.26. The van der Waals surface area contributed by atoms with E-state index < -0.39 is 0 Å². The van der Waals surface area contributed by atoms with E-state index in [9.17, 15) is 0 Å². The molecule has 0 saturated heterocycles. The third-order valence-corrected chi connectivity index (χ3v) is 3.71. The lowest BCUT2D eigenvalue weighted by atomic mass is 9.99. The summed E-state index contributed by atoms with van der Waals surface area (Å²) in [7, 11) is 2.03. The predicted octanol–water partition coefficient (Wildman–Crippen LogP) is 2.58. The molecule has 1 aromatic heterocycles. The average molecular weight is 257 g/mol. The van der Waals surface area contributed by atoms with E-state index in [1.807, 2.05) is 13.2 Å². The SMILES string of the molecule is CCn1ccnc1CC(Cc1ccccc1C)NC. The molecule has 2 aromatic rings. The minimum atomic E-state index is 0.425. The molecular formula is C16H23N3. The molecule has 3 heteroatoms. The first-order valence-electron chi connectivity index (χ1n) is 6.96. The lowest BCUT2D eigenvalue weighted by molar-refractivity contribution is 0.526. The summed E-state index contributed by atoms with van der Waals surface area (Å²) >= 11 is 0. The molecule has 1 atom stereocenters. The number of hydrogen-bond donors (Lipinski definition) is 1. The van der Waals surface area contributed by atoms with E-state index >= 15 is 0 Å². The van der Waals surface area contributed by atoms with Crippen LogP contribution in [-0.4, -0.2) is 22.6 Å². The molecule has 0 amide bonds. The number of likely N-dealkylation sites (N-methyl/N-ethyl adjacent to an activating group) is 1. The fraction of sp³-hybridized carbons (Fsp3) is 0.438. The Morgan fingerprint density at radius 2 is 2.05 bits per heavy atom. The molecule has 0 saturated carbocycles. The lowest BCUT2D eigenvalue weighted by Gasteiger charge is -2.17. The molecule has 1 N–H and O–H groups in total. The number of nitrogens with zero attached hydrogens (tertiary/aromatic N) is 2. The number of hydrogen-bond acceptors (Lipinski definition) is 2. The second kappa shape index (κ2) is 6.53. The molecule has 0 fully saturated rings. The van der Waals surface area contributed by atoms with Gasteiger partial charge in [-0.25, -0.2) is 4.98 Å². The first kappa shape index (κ1) is 13.8. The standard InChI is InChI=1S/C16H23N3/c1-4-19-10-9-18-16(19)12-15(17-3)11-14-8-6-5-7-13(14)2/h5-10,15,17H,4,11-12H2,1-3H3. The molecule has 1 heterocycles. The molecule has 19 heavy (non-hydrogen) atoms. The zero-order valence-electron chi connectivity index (χ0n) is 12.1. The Morgan fingerprint density at radius 3 is 2.74 bits per heavy atom. The van der Waals surface area contributed by atoms with E-state index in [0.29, 0.717) is 6.04 Å². The minimum absolute atomic E-state index is 0.425. The summed E-state index contributed by atoms with van der Waals surface area (Å²) in [5, 5.41) is 3.41. The van der Waals surface area contributed by atoms with E-state index in [1.165, 1.54) is 11.1 Å². The maximum Gasteiger partial charge on any atom is 0.110 e. The van der Waals surface area contributed by atoms with Gasteiger partial charge in [-0.15, -0.1) is 0 Å². The van der Waals surface area contributed by atoms with Crippen molar-refractivity contribution in [1.82, 2.24) is 14.9 Å². The van der Waals surface area contributed by atoms with Crippen molar-refractivity contribution >= 4 is 0 Å². The molecule has 0 bridgehead atoms. The molecule has 102 valence electrons. The molecule has 1 aromatic carbocycles. The van der Waals surface area contributed by atoms with E-state index in [0.717, 1.165) is 25.2 Å². The van der Waals surface area contributed by atoms with E-state index in [1.54, 1.807) is 0 Å². The van der Waals surface area contributed by atoms with Crippen molar-refractivity contribution in [3.63, 3.8) is 0 Å². The maximum absolute atomic E-state index is 4.46. The first-order valence-corrected chi connectivity index (χ1v) is 6.96. The van der Waals surface area contributed by atoms with Gasteiger partial charge < -0.3 is 9.88 Å². The highest BCUT2D eigenvalue weighted by Gasteiger charge is 2.12. The molecule has 0 aliphatic heterocycles. The molecule has 3 nitrogen and oxygen atoms in total. The zero-order valence-corrected chi connectivity index (χ0v) is 12.1. The smallest absolute Gasteiger partial charge is 0.110 e. The maximum atomic E-state index is 4.46. The van der Waals surface area contributed by atoms with Gasteiger partial charge in [0.25, 0.3) is 0 Å². The van der Waals surface area contributed by atoms with Crippen LogP contribution in [-0.2, 0) is 19.4 Å². The van der Waals surface area contributed by atoms with Gasteiger partial charge in [0.1, 0.15) is 5.82 Å². The molecule has 0 aliphatic rings. The zero-order chi connectivity index (χ0) is 13.7. The summed E-state index contributed by atoms with van der Waals surface area (Å²) in [6, 6.07) is 9.02. The summed E-state index contributed by atoms with van der Waals surface area (Å²) in [5.41, 5.74) is 2.78. The van der Waals surface area contributed by atoms with Crippen molar-refractivity contribution in [3.8, 4) is 0 Å². The van der Waals surface area contributed by atoms with Crippen LogP contribution in [0.4, 0.5) is 0 Å². The Bertz CT molecular complexity index is 516. The number of aryl methyl sites for hydroxylation is 2. The van der Waals surface area contributed by atoms with Gasteiger partial charge in [0.15, 0.2) is 0 Å². The molecular weight excluding hydrogens is 234 g/mol. The summed E-state index contributed by atoms with van der Waals surface area (Å²) < 4.78 is 2.21. The number of rotatable bonds is 6. The summed E-state index contributed by atoms with van der Waals surface area (Å²) in [6.45, 7) is 5.31. The Hall–Kier alpha value is -1.61. The van der Waals surface area contributed by atoms with Gasteiger partial charge in [-0.3, -0.25) is 0 Å². The first-order chi connectivity index (χ1) is 9.24. The lowest BCUT2D eigenvalue weighted by Crippen LogP contribution is -2.31. The van der Waals surface area contributed by atoms with Gasteiger partial charge in [-0.05, 0) is 38.4 Å². The highest BCUT2D eigenvalue weighted by atomic mass is 15.1. The van der Waals surface area contributed by atoms with Gasteiger partial charge in [-0.1, -0.05) is 24.3 Å². The quantitative estimate of drug-likeness (QED) is 0.862. The third-order valence-electron chi connectivity index (χ3n) is 3.71. The molecule has 2 rings (SSSR count). The van der Waals surface area contributed by atoms with E-state index in [-0.39, 0.29) is 0 Å². The third kappa shape index (κ3) is 3.44. The number of nitrogens with one attached hydrogen (secondary N) is 1. The van der Waals surface area contributed by atoms with E-state index in [2.05, 4.69) is 59.2 Å². The monoisotopic (exact) mass is 257 g/mol. The second-order valence-electron chi connectivity index (χ2n) is 4.95. The van der Waals surface area contributed by atoms with Crippen molar-refractivity contribution < 1.29 is 0 Å². The minimum Gasteiger partial charge on any atom is -0.335 e. The van der Waals surface area contributed by atoms with Crippen molar-refractivity contribution in [1.29, 1.82) is 0 Å². The Kier molecular flexibility index (Phi) is 4.74. The van der Waals surface area contributed by atoms with Crippen molar-refractivity contribution in [3.05, 3.63) is 53.6 Å². The summed E-state index contributed by atoms with van der Waals surface area (Å²) in [5.74, 6) is 1.16. The van der Waals surface area contributed by atoms with Crippen LogP contribution in [0.5, 0.6) is 0 Å². The Balaban J connectivity index is 2.07. The fourth-order valence-electron chi connectivity index (χ4n) is 2.42. The van der Waals surface area contributed by atoms with Gasteiger partial charge in [0.05, 0.1) is 0 Å². The molecule has 0 radical (unpaired) electrons. The van der Waals surface area contributed by atoms with Crippen molar-refractivity contribution in [2.45, 2.75) is 39.3 Å². The molecule has 1 unspecified atom stereocenters. The van der Waals surface area contributed by atoms with Gasteiger partial charge in [0, 0.05) is 31.4 Å². The Labute approximate surface area is 115 Å². The van der Waals surface area contributed by atoms with Crippen LogP contribution < -0.4 is 5.32 Å². The van der Waals surface area contributed by atoms with Crippen LogP contribution in [0, 0.1) is 6.92 Å². The topological polar surface area (TPSA) is 29.9 Å². The van der Waals surface area contributed by atoms with Gasteiger partial charge in [0.2, 0.25) is 0 Å². The van der Waals surface area contributed by atoms with Crippen LogP contribution in [0.15, 0.2) is 36.7 Å². The van der Waals surface area contributed by atoms with Crippen LogP contribution in [0.2, 0.25) is 0 Å². The van der Waals surface area contributed by atoms with Crippen molar-refractivity contribution in [2.24, 2.45) is 0 Å². The van der Waals surface area contributed by atoms with Crippen LogP contribution in [0.3, 0.4) is 0 Å². The fourth-order valence-corrected chi connectivity index (χ4v) is 2.42. The summed E-state index contributed by atoms with van der Waals surface area (Å²) in [6.07, 6.45) is 5.95. The van der Waals surface area contributed by atoms with Crippen molar-refractivity contribution in [2.75, 3.05) is 7.05 Å².